The first-order chi connectivity index (χ1) is 8.99. The average Bonchev–Trinajstić information content (AvgIpc) is 2.70. The van der Waals surface area contributed by atoms with Crippen LogP contribution in [0.3, 0.4) is 0 Å². The molecule has 1 aromatic heterocycles. The molecule has 2 rings (SSSR count). The van der Waals surface area contributed by atoms with Crippen LogP contribution < -0.4 is 5.32 Å². The number of aromatic nitrogens is 1. The van der Waals surface area contributed by atoms with Crippen molar-refractivity contribution in [2.75, 3.05) is 5.32 Å². The zero-order chi connectivity index (χ0) is 14.0. The highest BCUT2D eigenvalue weighted by Gasteiger charge is 2.17. The van der Waals surface area contributed by atoms with Crippen LogP contribution in [0.2, 0.25) is 0 Å². The molecular weight excluding hydrogens is 260 g/mol. The van der Waals surface area contributed by atoms with Crippen molar-refractivity contribution in [2.45, 2.75) is 26.7 Å². The van der Waals surface area contributed by atoms with Crippen molar-refractivity contribution in [3.05, 3.63) is 41.1 Å². The minimum absolute atomic E-state index is 0.250. The Balaban J connectivity index is 2.31. The Morgan fingerprint density at radius 3 is 2.79 bits per heavy atom. The lowest BCUT2D eigenvalue weighted by Crippen LogP contribution is -2.01. The van der Waals surface area contributed by atoms with E-state index >= 15 is 0 Å². The molecule has 0 saturated heterocycles. The molecule has 0 spiro atoms. The van der Waals surface area contributed by atoms with E-state index in [4.69, 9.17) is 0 Å². The van der Waals surface area contributed by atoms with Gasteiger partial charge in [-0.15, -0.1) is 0 Å². The van der Waals surface area contributed by atoms with E-state index in [1.54, 1.807) is 6.92 Å². The van der Waals surface area contributed by atoms with Crippen LogP contribution in [0, 0.1) is 6.92 Å². The minimum Gasteiger partial charge on any atom is -0.478 e. The van der Waals surface area contributed by atoms with Crippen LogP contribution in [-0.2, 0) is 0 Å². The quantitative estimate of drug-likeness (QED) is 0.885. The summed E-state index contributed by atoms with van der Waals surface area (Å²) in [5, 5.41) is 12.9. The first-order valence-electron chi connectivity index (χ1n) is 6.05. The van der Waals surface area contributed by atoms with Crippen molar-refractivity contribution >= 4 is 28.2 Å². The first kappa shape index (κ1) is 13.5. The predicted molar refractivity (Wildman–Crippen MR) is 77.6 cm³/mol. The molecule has 0 aliphatic rings. The molecule has 0 unspecified atom stereocenters. The standard InChI is InChI=1S/C14H16N2O2S/c1-8(2)10-5-4-6-11(7-10)15-13-12(14(17)18)9(3)16-19-13/h4-8,15H,1-3H3,(H,17,18). The highest BCUT2D eigenvalue weighted by atomic mass is 32.1. The Hall–Kier alpha value is -1.88. The van der Waals surface area contributed by atoms with Gasteiger partial charge in [-0.25, -0.2) is 4.79 Å². The fraction of sp³-hybridized carbons (Fsp3) is 0.286. The lowest BCUT2D eigenvalue weighted by atomic mass is 10.0. The molecule has 5 heteroatoms. The number of anilines is 2. The predicted octanol–water partition coefficient (Wildman–Crippen LogP) is 4.02. The van der Waals surface area contributed by atoms with Crippen LogP contribution in [0.4, 0.5) is 10.7 Å². The van der Waals surface area contributed by atoms with Gasteiger partial charge in [0, 0.05) is 5.69 Å². The fourth-order valence-corrected chi connectivity index (χ4v) is 2.62. The molecule has 1 heterocycles. The number of carbonyl (C=O) groups is 1. The molecule has 0 bridgehead atoms. The fourth-order valence-electron chi connectivity index (χ4n) is 1.81. The van der Waals surface area contributed by atoms with Gasteiger partial charge < -0.3 is 10.4 Å². The van der Waals surface area contributed by atoms with Crippen molar-refractivity contribution in [3.63, 3.8) is 0 Å². The number of rotatable bonds is 4. The number of nitrogens with one attached hydrogen (secondary N) is 1. The maximum atomic E-state index is 11.2. The van der Waals surface area contributed by atoms with Gasteiger partial charge in [0.1, 0.15) is 10.6 Å². The lowest BCUT2D eigenvalue weighted by Gasteiger charge is -2.09. The van der Waals surface area contributed by atoms with Crippen molar-refractivity contribution in [1.82, 2.24) is 4.37 Å². The molecule has 0 aliphatic carbocycles. The minimum atomic E-state index is -0.950. The van der Waals surface area contributed by atoms with Gasteiger partial charge in [-0.05, 0) is 42.1 Å². The number of aryl methyl sites for hydroxylation is 1. The molecule has 4 nitrogen and oxygen atoms in total. The molecular formula is C14H16N2O2S. The van der Waals surface area contributed by atoms with E-state index in [1.165, 1.54) is 17.1 Å². The summed E-state index contributed by atoms with van der Waals surface area (Å²) in [6.45, 7) is 5.95. The van der Waals surface area contributed by atoms with Gasteiger partial charge in [0.05, 0.1) is 5.69 Å². The van der Waals surface area contributed by atoms with E-state index in [2.05, 4.69) is 29.6 Å². The highest BCUT2D eigenvalue weighted by molar-refractivity contribution is 7.10. The largest absolute Gasteiger partial charge is 0.478 e. The van der Waals surface area contributed by atoms with Crippen LogP contribution in [0.15, 0.2) is 24.3 Å². The third kappa shape index (κ3) is 2.93. The summed E-state index contributed by atoms with van der Waals surface area (Å²) in [6, 6.07) is 7.98. The van der Waals surface area contributed by atoms with E-state index in [1.807, 2.05) is 18.2 Å². The second-order valence-corrected chi connectivity index (χ2v) is 5.46. The zero-order valence-electron chi connectivity index (χ0n) is 11.1. The van der Waals surface area contributed by atoms with Crippen LogP contribution in [0.5, 0.6) is 0 Å². The number of hydrogen-bond acceptors (Lipinski definition) is 4. The van der Waals surface area contributed by atoms with Crippen molar-refractivity contribution < 1.29 is 9.90 Å². The SMILES string of the molecule is Cc1nsc(Nc2cccc(C(C)C)c2)c1C(=O)O. The zero-order valence-corrected chi connectivity index (χ0v) is 11.9. The molecule has 0 saturated carbocycles. The van der Waals surface area contributed by atoms with Crippen LogP contribution >= 0.6 is 11.5 Å². The van der Waals surface area contributed by atoms with Gasteiger partial charge in [0.2, 0.25) is 0 Å². The summed E-state index contributed by atoms with van der Waals surface area (Å²) >= 11 is 1.17. The molecule has 2 N–H and O–H groups in total. The number of nitrogens with zero attached hydrogens (tertiary/aromatic N) is 1. The van der Waals surface area contributed by atoms with Gasteiger partial charge in [-0.3, -0.25) is 0 Å². The molecule has 0 fully saturated rings. The third-order valence-corrected chi connectivity index (χ3v) is 3.74. The third-order valence-electron chi connectivity index (χ3n) is 2.89. The second-order valence-electron chi connectivity index (χ2n) is 4.68. The maximum Gasteiger partial charge on any atom is 0.340 e. The average molecular weight is 276 g/mol. The van der Waals surface area contributed by atoms with E-state index in [-0.39, 0.29) is 5.56 Å². The van der Waals surface area contributed by atoms with E-state index in [0.29, 0.717) is 16.6 Å². The summed E-state index contributed by atoms with van der Waals surface area (Å²) in [5.74, 6) is -0.516. The highest BCUT2D eigenvalue weighted by Crippen LogP contribution is 2.29. The van der Waals surface area contributed by atoms with Gasteiger partial charge in [0.25, 0.3) is 0 Å². The van der Waals surface area contributed by atoms with E-state index < -0.39 is 5.97 Å². The smallest absolute Gasteiger partial charge is 0.340 e. The normalized spacial score (nSPS) is 10.7. The monoisotopic (exact) mass is 276 g/mol. The molecule has 0 amide bonds. The molecule has 0 radical (unpaired) electrons. The molecule has 19 heavy (non-hydrogen) atoms. The number of carboxylic acids is 1. The number of aromatic carboxylic acids is 1. The lowest BCUT2D eigenvalue weighted by molar-refractivity contribution is 0.0697. The van der Waals surface area contributed by atoms with E-state index in [9.17, 15) is 9.90 Å². The summed E-state index contributed by atoms with van der Waals surface area (Å²) in [7, 11) is 0. The number of hydrogen-bond donors (Lipinski definition) is 2. The van der Waals surface area contributed by atoms with Crippen LogP contribution in [-0.4, -0.2) is 15.4 Å². The van der Waals surface area contributed by atoms with Crippen LogP contribution in [0.1, 0.15) is 41.4 Å². The second kappa shape index (κ2) is 5.40. The topological polar surface area (TPSA) is 62.2 Å². The Morgan fingerprint density at radius 2 is 2.16 bits per heavy atom. The summed E-state index contributed by atoms with van der Waals surface area (Å²) in [5.41, 5.74) is 2.89. The summed E-state index contributed by atoms with van der Waals surface area (Å²) < 4.78 is 4.09. The van der Waals surface area contributed by atoms with Gasteiger partial charge in [-0.2, -0.15) is 4.37 Å². The van der Waals surface area contributed by atoms with Crippen molar-refractivity contribution in [2.24, 2.45) is 0 Å². The van der Waals surface area contributed by atoms with Gasteiger partial charge >= 0.3 is 5.97 Å². The maximum absolute atomic E-state index is 11.2. The van der Waals surface area contributed by atoms with Crippen LogP contribution in [0.25, 0.3) is 0 Å². The Morgan fingerprint density at radius 1 is 1.42 bits per heavy atom. The van der Waals surface area contributed by atoms with Crippen molar-refractivity contribution in [1.29, 1.82) is 0 Å². The number of carboxylic acid groups (broad SMARTS) is 1. The molecule has 2 aromatic rings. The molecule has 0 aliphatic heterocycles. The molecule has 1 aromatic carbocycles. The molecule has 0 atom stereocenters. The van der Waals surface area contributed by atoms with Gasteiger partial charge in [-0.1, -0.05) is 26.0 Å². The summed E-state index contributed by atoms with van der Waals surface area (Å²) in [6.07, 6.45) is 0. The molecule has 100 valence electrons. The Kier molecular flexibility index (Phi) is 3.85. The van der Waals surface area contributed by atoms with Crippen molar-refractivity contribution in [3.8, 4) is 0 Å². The Labute approximate surface area is 116 Å². The first-order valence-corrected chi connectivity index (χ1v) is 6.83. The van der Waals surface area contributed by atoms with E-state index in [0.717, 1.165) is 5.69 Å². The summed E-state index contributed by atoms with van der Waals surface area (Å²) in [4.78, 5) is 11.2. The number of benzene rings is 1. The Bertz CT molecular complexity index is 605. The van der Waals surface area contributed by atoms with Gasteiger partial charge in [0.15, 0.2) is 0 Å².